The highest BCUT2D eigenvalue weighted by molar-refractivity contribution is 8.76. The summed E-state index contributed by atoms with van der Waals surface area (Å²) in [6.07, 6.45) is 0. The third kappa shape index (κ3) is 16.9. The number of nitrogens with two attached hydrogens (primary N) is 2. The molecule has 15 heteroatoms. The first kappa shape index (κ1) is 28.2. The van der Waals surface area contributed by atoms with Crippen molar-refractivity contribution in [3.63, 3.8) is 0 Å². The van der Waals surface area contributed by atoms with E-state index in [1.54, 1.807) is 6.92 Å². The molecule has 0 aromatic rings. The fourth-order valence-corrected chi connectivity index (χ4v) is 3.48. The third-order valence-electron chi connectivity index (χ3n) is 2.42. The molecule has 0 bridgehead atoms. The monoisotopic (exact) mass is 461 g/mol. The summed E-state index contributed by atoms with van der Waals surface area (Å²) in [5, 5.41) is 13.4. The first-order valence-corrected chi connectivity index (χ1v) is 10.9. The minimum absolute atomic E-state index is 0.149. The summed E-state index contributed by atoms with van der Waals surface area (Å²) in [5.41, 5.74) is 10.5. The van der Waals surface area contributed by atoms with Gasteiger partial charge in [-0.25, -0.2) is 4.79 Å². The van der Waals surface area contributed by atoms with Crippen LogP contribution in [0.1, 0.15) is 6.92 Å². The SMILES string of the molecule is CCOC(=O)[C@H](CSSCC(N)C(=O)O)NC(=O)CNC(=O)CN.P=NP. The van der Waals surface area contributed by atoms with Crippen LogP contribution in [0.5, 0.6) is 0 Å². The number of carbonyl (C=O) groups excluding carboxylic acids is 3. The van der Waals surface area contributed by atoms with Crippen LogP contribution in [-0.4, -0.2) is 72.1 Å². The summed E-state index contributed by atoms with van der Waals surface area (Å²) in [7, 11) is 7.24. The second-order valence-electron chi connectivity index (χ2n) is 4.50. The molecule has 0 aliphatic rings. The lowest BCUT2D eigenvalue weighted by atomic mass is 10.3. The van der Waals surface area contributed by atoms with Crippen molar-refractivity contribution in [1.82, 2.24) is 10.6 Å². The van der Waals surface area contributed by atoms with Crippen molar-refractivity contribution in [2.75, 3.05) is 31.2 Å². The Bertz CT molecular complexity index is 503. The fraction of sp³-hybridized carbons (Fsp3) is 0.667. The Morgan fingerprint density at radius 1 is 1.26 bits per heavy atom. The zero-order valence-electron chi connectivity index (χ0n) is 14.7. The number of carboxylic acids is 1. The van der Waals surface area contributed by atoms with Gasteiger partial charge in [0.25, 0.3) is 0 Å². The van der Waals surface area contributed by atoms with E-state index in [0.717, 1.165) is 0 Å². The van der Waals surface area contributed by atoms with E-state index >= 15 is 0 Å². The van der Waals surface area contributed by atoms with Gasteiger partial charge in [-0.3, -0.25) is 18.9 Å². The Morgan fingerprint density at radius 2 is 1.81 bits per heavy atom. The molecule has 7 N–H and O–H groups in total. The number of hydrogen-bond acceptors (Lipinski definition) is 10. The molecular weight excluding hydrogens is 436 g/mol. The summed E-state index contributed by atoms with van der Waals surface area (Å²) in [4.78, 5) is 45.1. The molecule has 0 saturated heterocycles. The van der Waals surface area contributed by atoms with E-state index in [4.69, 9.17) is 21.3 Å². The maximum Gasteiger partial charge on any atom is 0.329 e. The minimum atomic E-state index is -1.12. The molecule has 0 aliphatic heterocycles. The number of rotatable bonds is 12. The Kier molecular flexibility index (Phi) is 19.2. The predicted octanol–water partition coefficient (Wildman–Crippen LogP) is -0.995. The van der Waals surface area contributed by atoms with E-state index in [2.05, 4.69) is 33.6 Å². The van der Waals surface area contributed by atoms with Gasteiger partial charge in [0, 0.05) is 11.5 Å². The van der Waals surface area contributed by atoms with Crippen LogP contribution in [0.25, 0.3) is 0 Å². The van der Waals surface area contributed by atoms with Gasteiger partial charge in [-0.05, 0) is 25.3 Å². The Balaban J connectivity index is 0. The Labute approximate surface area is 169 Å². The van der Waals surface area contributed by atoms with Crippen molar-refractivity contribution in [2.24, 2.45) is 16.0 Å². The molecule has 0 saturated carbocycles. The van der Waals surface area contributed by atoms with Gasteiger partial charge in [-0.2, -0.15) is 0 Å². The molecule has 3 atom stereocenters. The summed E-state index contributed by atoms with van der Waals surface area (Å²) in [5.74, 6) is -2.49. The first-order chi connectivity index (χ1) is 12.7. The smallest absolute Gasteiger partial charge is 0.329 e. The molecule has 27 heavy (non-hydrogen) atoms. The standard InChI is InChI=1S/C12H22N4O6S2.H3NP2/c1-2-22-12(21)8(6-24-23-5-7(14)11(19)20)16-10(18)4-15-9(17)3-13;2-1-3/h7-8H,2-6,13-14H2,1H3,(H,15,17)(H,16,18)(H,19,20);2H,3H2/t7?,8-;/m0./s1. The number of nitrogens with zero attached hydrogens (tertiary/aromatic N) is 1. The zero-order valence-corrected chi connectivity index (χ0v) is 18.5. The van der Waals surface area contributed by atoms with E-state index in [1.165, 1.54) is 21.6 Å². The molecule has 0 radical (unpaired) electrons. The van der Waals surface area contributed by atoms with Gasteiger partial charge >= 0.3 is 11.9 Å². The normalized spacial score (nSPS) is 11.9. The molecule has 0 heterocycles. The number of nitrogens with one attached hydrogen (secondary N) is 2. The van der Waals surface area contributed by atoms with Gasteiger partial charge in [0.05, 0.1) is 19.7 Å². The maximum atomic E-state index is 11.8. The molecule has 0 aromatic carbocycles. The molecular formula is C12H25N5O6P2S2. The number of ether oxygens (including phenoxy) is 1. The van der Waals surface area contributed by atoms with Crippen molar-refractivity contribution in [3.8, 4) is 0 Å². The van der Waals surface area contributed by atoms with E-state index in [9.17, 15) is 19.2 Å². The molecule has 156 valence electrons. The van der Waals surface area contributed by atoms with E-state index in [1.807, 2.05) is 0 Å². The van der Waals surface area contributed by atoms with Crippen molar-refractivity contribution in [2.45, 2.75) is 19.0 Å². The lowest BCUT2D eigenvalue weighted by molar-refractivity contribution is -0.146. The number of hydrogen-bond donors (Lipinski definition) is 5. The highest BCUT2D eigenvalue weighted by Crippen LogP contribution is 2.22. The van der Waals surface area contributed by atoms with Crippen LogP contribution in [-0.2, 0) is 23.9 Å². The van der Waals surface area contributed by atoms with Gasteiger partial charge < -0.3 is 31.9 Å². The number of carbonyl (C=O) groups is 4. The largest absolute Gasteiger partial charge is 0.480 e. The summed E-state index contributed by atoms with van der Waals surface area (Å²) in [6.45, 7) is 1.22. The van der Waals surface area contributed by atoms with Gasteiger partial charge in [-0.1, -0.05) is 21.6 Å². The topological polar surface area (TPSA) is 186 Å². The lowest BCUT2D eigenvalue weighted by Gasteiger charge is -2.17. The van der Waals surface area contributed by atoms with E-state index in [0.29, 0.717) is 0 Å². The second-order valence-corrected chi connectivity index (χ2v) is 8.08. The van der Waals surface area contributed by atoms with Gasteiger partial charge in [-0.15, -0.1) is 0 Å². The molecule has 0 aromatic heterocycles. The summed E-state index contributed by atoms with van der Waals surface area (Å²) >= 11 is 0. The Hall–Kier alpha value is -0.970. The van der Waals surface area contributed by atoms with Crippen molar-refractivity contribution in [3.05, 3.63) is 0 Å². The third-order valence-corrected chi connectivity index (χ3v) is 4.87. The highest BCUT2D eigenvalue weighted by Gasteiger charge is 2.23. The Morgan fingerprint density at radius 3 is 2.30 bits per heavy atom. The van der Waals surface area contributed by atoms with Crippen LogP contribution < -0.4 is 22.1 Å². The van der Waals surface area contributed by atoms with Crippen LogP contribution in [0.2, 0.25) is 0 Å². The van der Waals surface area contributed by atoms with Crippen LogP contribution in [0.15, 0.2) is 4.52 Å². The molecule has 0 rings (SSSR count). The second kappa shape index (κ2) is 18.4. The van der Waals surface area contributed by atoms with Gasteiger partial charge in [0.2, 0.25) is 11.8 Å². The quantitative estimate of drug-likeness (QED) is 0.104. The molecule has 2 unspecified atom stereocenters. The lowest BCUT2D eigenvalue weighted by Crippen LogP contribution is -2.48. The molecule has 2 amide bonds. The fourth-order valence-electron chi connectivity index (χ4n) is 1.22. The van der Waals surface area contributed by atoms with Crippen LogP contribution in [0, 0.1) is 0 Å². The molecule has 0 aliphatic carbocycles. The minimum Gasteiger partial charge on any atom is -0.480 e. The average molecular weight is 461 g/mol. The van der Waals surface area contributed by atoms with E-state index in [-0.39, 0.29) is 31.2 Å². The van der Waals surface area contributed by atoms with Crippen LogP contribution in [0.3, 0.4) is 0 Å². The number of amides is 2. The van der Waals surface area contributed by atoms with Crippen molar-refractivity contribution < 1.29 is 29.0 Å². The summed E-state index contributed by atoms with van der Waals surface area (Å²) in [6, 6.07) is -1.93. The van der Waals surface area contributed by atoms with Crippen LogP contribution in [0.4, 0.5) is 0 Å². The van der Waals surface area contributed by atoms with Gasteiger partial charge in [0.15, 0.2) is 0 Å². The number of carboxylic acid groups (broad SMARTS) is 1. The predicted molar refractivity (Wildman–Crippen MR) is 112 cm³/mol. The number of esters is 1. The highest BCUT2D eigenvalue weighted by atomic mass is 33.1. The average Bonchev–Trinajstić information content (AvgIpc) is 2.62. The number of aliphatic carboxylic acids is 1. The molecule has 0 fully saturated rings. The first-order valence-electron chi connectivity index (χ1n) is 7.45. The zero-order chi connectivity index (χ0) is 21.2. The van der Waals surface area contributed by atoms with Gasteiger partial charge in [0.1, 0.15) is 12.1 Å². The maximum absolute atomic E-state index is 11.8. The van der Waals surface area contributed by atoms with Crippen molar-refractivity contribution in [1.29, 1.82) is 0 Å². The van der Waals surface area contributed by atoms with Crippen molar-refractivity contribution >= 4 is 63.8 Å². The van der Waals surface area contributed by atoms with Crippen LogP contribution >= 0.6 is 40.0 Å². The molecule has 11 nitrogen and oxygen atoms in total. The molecule has 0 spiro atoms. The van der Waals surface area contributed by atoms with E-state index < -0.39 is 35.8 Å². The summed E-state index contributed by atoms with van der Waals surface area (Å²) < 4.78 is 8.09.